The summed E-state index contributed by atoms with van der Waals surface area (Å²) in [6.07, 6.45) is 0. The average Bonchev–Trinajstić information content (AvgIpc) is 1.94. The number of nitrogens with two attached hydrogens (primary N) is 1. The molecule has 0 aliphatic rings. The second-order valence-corrected chi connectivity index (χ2v) is 4.54. The van der Waals surface area contributed by atoms with E-state index in [1.165, 1.54) is 6.07 Å². The van der Waals surface area contributed by atoms with Crippen molar-refractivity contribution in [3.8, 4) is 5.75 Å². The van der Waals surface area contributed by atoms with Crippen LogP contribution >= 0.6 is 0 Å². The van der Waals surface area contributed by atoms with E-state index in [-0.39, 0.29) is 11.5 Å². The predicted octanol–water partition coefficient (Wildman–Crippen LogP) is 0.489. The molecule has 5 heteroatoms. The number of sulfonamides is 1. The van der Waals surface area contributed by atoms with Crippen LogP contribution in [-0.2, 0) is 15.8 Å². The van der Waals surface area contributed by atoms with Crippen molar-refractivity contribution in [3.05, 3.63) is 29.3 Å². The molecule has 0 heterocycles. The molecule has 4 nitrogen and oxygen atoms in total. The number of primary sulfonamides is 1. The standard InChI is InChI=1S/C8H11NO3S/c1-6-2-3-7(4-8(6)10)5-13(9,11)12/h2-4,10H,5H2,1H3,(H2,9,11,12). The Hall–Kier alpha value is -1.07. The molecule has 0 spiro atoms. The van der Waals surface area contributed by atoms with Gasteiger partial charge >= 0.3 is 0 Å². The Morgan fingerprint density at radius 1 is 1.46 bits per heavy atom. The zero-order valence-corrected chi connectivity index (χ0v) is 8.00. The van der Waals surface area contributed by atoms with Gasteiger partial charge in [0.05, 0.1) is 5.75 Å². The van der Waals surface area contributed by atoms with E-state index in [1.54, 1.807) is 19.1 Å². The van der Waals surface area contributed by atoms with Gasteiger partial charge in [0.2, 0.25) is 10.0 Å². The Morgan fingerprint density at radius 3 is 2.54 bits per heavy atom. The molecule has 0 fully saturated rings. The number of hydrogen-bond acceptors (Lipinski definition) is 3. The highest BCUT2D eigenvalue weighted by molar-refractivity contribution is 7.88. The van der Waals surface area contributed by atoms with Gasteiger partial charge in [-0.25, -0.2) is 13.6 Å². The number of aromatic hydroxyl groups is 1. The molecule has 0 aromatic heterocycles. The maximum atomic E-state index is 10.7. The van der Waals surface area contributed by atoms with Crippen molar-refractivity contribution in [2.75, 3.05) is 0 Å². The van der Waals surface area contributed by atoms with E-state index in [1.807, 2.05) is 0 Å². The first kappa shape index (κ1) is 10.0. The van der Waals surface area contributed by atoms with E-state index in [2.05, 4.69) is 0 Å². The molecule has 1 rings (SSSR count). The lowest BCUT2D eigenvalue weighted by molar-refractivity contribution is 0.470. The normalized spacial score (nSPS) is 11.5. The minimum atomic E-state index is -3.52. The summed E-state index contributed by atoms with van der Waals surface area (Å²) in [7, 11) is -3.52. The number of benzene rings is 1. The Morgan fingerprint density at radius 2 is 2.08 bits per heavy atom. The number of hydrogen-bond donors (Lipinski definition) is 2. The van der Waals surface area contributed by atoms with Crippen LogP contribution in [0.3, 0.4) is 0 Å². The number of phenols is 1. The Balaban J connectivity index is 2.99. The van der Waals surface area contributed by atoms with Crippen molar-refractivity contribution in [2.45, 2.75) is 12.7 Å². The molecule has 1 aromatic carbocycles. The fraction of sp³-hybridized carbons (Fsp3) is 0.250. The molecule has 0 saturated heterocycles. The lowest BCUT2D eigenvalue weighted by Crippen LogP contribution is -2.14. The van der Waals surface area contributed by atoms with Gasteiger partial charge in [0.15, 0.2) is 0 Å². The smallest absolute Gasteiger partial charge is 0.213 e. The zero-order chi connectivity index (χ0) is 10.1. The Labute approximate surface area is 77.1 Å². The predicted molar refractivity (Wildman–Crippen MR) is 49.7 cm³/mol. The highest BCUT2D eigenvalue weighted by Crippen LogP contribution is 2.18. The quantitative estimate of drug-likeness (QED) is 0.730. The van der Waals surface area contributed by atoms with E-state index in [9.17, 15) is 13.5 Å². The minimum Gasteiger partial charge on any atom is -0.508 e. The molecule has 0 amide bonds. The third kappa shape index (κ3) is 3.04. The first-order chi connectivity index (χ1) is 5.88. The largest absolute Gasteiger partial charge is 0.508 e. The summed E-state index contributed by atoms with van der Waals surface area (Å²) in [6.45, 7) is 1.73. The van der Waals surface area contributed by atoms with Crippen LogP contribution in [0.15, 0.2) is 18.2 Å². The first-order valence-electron chi connectivity index (χ1n) is 3.67. The molecule has 0 saturated carbocycles. The molecule has 0 bridgehead atoms. The summed E-state index contributed by atoms with van der Waals surface area (Å²) in [5, 5.41) is 14.1. The maximum absolute atomic E-state index is 10.7. The van der Waals surface area contributed by atoms with Crippen LogP contribution in [0.1, 0.15) is 11.1 Å². The van der Waals surface area contributed by atoms with Gasteiger partial charge in [0.1, 0.15) is 5.75 Å². The molecule has 0 aliphatic carbocycles. The van der Waals surface area contributed by atoms with E-state index < -0.39 is 10.0 Å². The van der Waals surface area contributed by atoms with Gasteiger partial charge in [0.25, 0.3) is 0 Å². The topological polar surface area (TPSA) is 80.4 Å². The fourth-order valence-electron chi connectivity index (χ4n) is 0.977. The van der Waals surface area contributed by atoms with E-state index in [4.69, 9.17) is 5.14 Å². The lowest BCUT2D eigenvalue weighted by Gasteiger charge is -2.02. The third-order valence-electron chi connectivity index (χ3n) is 1.64. The number of phenolic OH excluding ortho intramolecular Hbond substituents is 1. The second kappa shape index (κ2) is 3.35. The van der Waals surface area contributed by atoms with Crippen molar-refractivity contribution in [1.29, 1.82) is 0 Å². The fourth-order valence-corrected chi connectivity index (χ4v) is 1.62. The van der Waals surface area contributed by atoms with Gasteiger partial charge in [0, 0.05) is 0 Å². The van der Waals surface area contributed by atoms with E-state index in [0.29, 0.717) is 11.1 Å². The molecule has 1 aromatic rings. The number of rotatable bonds is 2. The van der Waals surface area contributed by atoms with Gasteiger partial charge in [-0.3, -0.25) is 0 Å². The summed E-state index contributed by atoms with van der Waals surface area (Å²) in [4.78, 5) is 0. The lowest BCUT2D eigenvalue weighted by atomic mass is 10.1. The highest BCUT2D eigenvalue weighted by Gasteiger charge is 2.06. The van der Waals surface area contributed by atoms with Crippen molar-refractivity contribution >= 4 is 10.0 Å². The van der Waals surface area contributed by atoms with Crippen LogP contribution in [0.2, 0.25) is 0 Å². The van der Waals surface area contributed by atoms with Gasteiger partial charge in [-0.05, 0) is 24.1 Å². The molecular formula is C8H11NO3S. The Kier molecular flexibility index (Phi) is 2.58. The maximum Gasteiger partial charge on any atom is 0.213 e. The van der Waals surface area contributed by atoms with Crippen molar-refractivity contribution in [2.24, 2.45) is 5.14 Å². The van der Waals surface area contributed by atoms with Gasteiger partial charge in [-0.1, -0.05) is 12.1 Å². The van der Waals surface area contributed by atoms with Crippen LogP contribution in [0, 0.1) is 6.92 Å². The van der Waals surface area contributed by atoms with Crippen LogP contribution in [0.5, 0.6) is 5.75 Å². The first-order valence-corrected chi connectivity index (χ1v) is 5.39. The van der Waals surface area contributed by atoms with Crippen molar-refractivity contribution in [3.63, 3.8) is 0 Å². The molecule has 0 atom stereocenters. The zero-order valence-electron chi connectivity index (χ0n) is 7.19. The molecule has 0 aliphatic heterocycles. The van der Waals surface area contributed by atoms with Crippen molar-refractivity contribution in [1.82, 2.24) is 0 Å². The minimum absolute atomic E-state index is 0.0844. The SMILES string of the molecule is Cc1ccc(CS(N)(=O)=O)cc1O. The van der Waals surface area contributed by atoms with E-state index >= 15 is 0 Å². The molecule has 0 radical (unpaired) electrons. The molecular weight excluding hydrogens is 190 g/mol. The second-order valence-electron chi connectivity index (χ2n) is 2.93. The van der Waals surface area contributed by atoms with Crippen LogP contribution in [0.25, 0.3) is 0 Å². The molecule has 13 heavy (non-hydrogen) atoms. The summed E-state index contributed by atoms with van der Waals surface area (Å²) >= 11 is 0. The molecule has 0 unspecified atom stereocenters. The van der Waals surface area contributed by atoms with Gasteiger partial charge in [-0.2, -0.15) is 0 Å². The average molecular weight is 201 g/mol. The third-order valence-corrected chi connectivity index (χ3v) is 2.38. The Bertz CT molecular complexity index is 411. The van der Waals surface area contributed by atoms with Gasteiger partial charge in [-0.15, -0.1) is 0 Å². The van der Waals surface area contributed by atoms with E-state index in [0.717, 1.165) is 0 Å². The molecule has 3 N–H and O–H groups in total. The number of aryl methyl sites for hydroxylation is 1. The summed E-state index contributed by atoms with van der Waals surface area (Å²) in [6, 6.07) is 4.68. The van der Waals surface area contributed by atoms with Crippen LogP contribution in [-0.4, -0.2) is 13.5 Å². The van der Waals surface area contributed by atoms with Crippen molar-refractivity contribution < 1.29 is 13.5 Å². The van der Waals surface area contributed by atoms with Crippen LogP contribution in [0.4, 0.5) is 0 Å². The summed E-state index contributed by atoms with van der Waals surface area (Å²) < 4.78 is 21.4. The van der Waals surface area contributed by atoms with Crippen LogP contribution < -0.4 is 5.14 Å². The highest BCUT2D eigenvalue weighted by atomic mass is 32.2. The molecule has 72 valence electrons. The van der Waals surface area contributed by atoms with Gasteiger partial charge < -0.3 is 5.11 Å². The summed E-state index contributed by atoms with van der Waals surface area (Å²) in [5.41, 5.74) is 1.20. The summed E-state index contributed by atoms with van der Waals surface area (Å²) in [5.74, 6) is -0.165. The monoisotopic (exact) mass is 201 g/mol.